The Bertz CT molecular complexity index is 297. The molecule has 3 heteroatoms. The quantitative estimate of drug-likeness (QED) is 0.594. The van der Waals surface area contributed by atoms with Crippen LogP contribution in [0.15, 0.2) is 23.1 Å². The molecule has 1 rings (SSSR count). The minimum absolute atomic E-state index is 0.197. The van der Waals surface area contributed by atoms with Crippen LogP contribution in [-0.2, 0) is 0 Å². The van der Waals surface area contributed by atoms with Crippen molar-refractivity contribution >= 4 is 18.0 Å². The lowest BCUT2D eigenvalue weighted by molar-refractivity contribution is 0.112. The Morgan fingerprint density at radius 3 is 2.85 bits per heavy atom. The fourth-order valence-corrected chi connectivity index (χ4v) is 1.74. The number of phenols is 1. The van der Waals surface area contributed by atoms with Crippen molar-refractivity contribution in [1.82, 2.24) is 0 Å². The fourth-order valence-electron chi connectivity index (χ4n) is 0.942. The van der Waals surface area contributed by atoms with Gasteiger partial charge in [0.25, 0.3) is 0 Å². The van der Waals surface area contributed by atoms with Gasteiger partial charge >= 0.3 is 0 Å². The van der Waals surface area contributed by atoms with Gasteiger partial charge in [-0.2, -0.15) is 0 Å². The Kier molecular flexibility index (Phi) is 3.83. The maximum Gasteiger partial charge on any atom is 0.150 e. The highest BCUT2D eigenvalue weighted by Crippen LogP contribution is 2.28. The van der Waals surface area contributed by atoms with E-state index in [0.29, 0.717) is 5.56 Å². The largest absolute Gasteiger partial charge is 0.507 e. The zero-order valence-electron chi connectivity index (χ0n) is 7.49. The lowest BCUT2D eigenvalue weighted by Crippen LogP contribution is -1.82. The molecule has 0 fully saturated rings. The van der Waals surface area contributed by atoms with Gasteiger partial charge < -0.3 is 5.11 Å². The SMILES string of the molecule is CCCSc1ccc(C=O)cc1O. The molecule has 0 bridgehead atoms. The number of carbonyl (C=O) groups is 1. The van der Waals surface area contributed by atoms with E-state index in [0.717, 1.165) is 23.4 Å². The predicted molar refractivity (Wildman–Crippen MR) is 54.5 cm³/mol. The number of thioether (sulfide) groups is 1. The first-order chi connectivity index (χ1) is 6.27. The Morgan fingerprint density at radius 1 is 1.54 bits per heavy atom. The number of carbonyl (C=O) groups excluding carboxylic acids is 1. The van der Waals surface area contributed by atoms with Crippen molar-refractivity contribution in [3.63, 3.8) is 0 Å². The molecule has 0 heterocycles. The van der Waals surface area contributed by atoms with Crippen LogP contribution in [0.4, 0.5) is 0 Å². The summed E-state index contributed by atoms with van der Waals surface area (Å²) >= 11 is 1.60. The van der Waals surface area contributed by atoms with Gasteiger partial charge in [0.05, 0.1) is 0 Å². The normalized spacial score (nSPS) is 9.92. The van der Waals surface area contributed by atoms with E-state index in [2.05, 4.69) is 6.92 Å². The number of benzene rings is 1. The van der Waals surface area contributed by atoms with E-state index >= 15 is 0 Å². The highest BCUT2D eigenvalue weighted by atomic mass is 32.2. The van der Waals surface area contributed by atoms with Crippen molar-refractivity contribution in [2.45, 2.75) is 18.2 Å². The molecule has 0 unspecified atom stereocenters. The molecule has 0 saturated heterocycles. The molecule has 1 N–H and O–H groups in total. The first kappa shape index (κ1) is 10.1. The van der Waals surface area contributed by atoms with Crippen LogP contribution < -0.4 is 0 Å². The summed E-state index contributed by atoms with van der Waals surface area (Å²) in [6.45, 7) is 2.09. The molecular weight excluding hydrogens is 184 g/mol. The molecule has 0 aromatic heterocycles. The van der Waals surface area contributed by atoms with Crippen molar-refractivity contribution in [2.24, 2.45) is 0 Å². The van der Waals surface area contributed by atoms with Crippen LogP contribution in [0.25, 0.3) is 0 Å². The molecule has 13 heavy (non-hydrogen) atoms. The van der Waals surface area contributed by atoms with E-state index in [9.17, 15) is 9.90 Å². The standard InChI is InChI=1S/C10H12O2S/c1-2-5-13-10-4-3-8(7-11)6-9(10)12/h3-4,6-7,12H,2,5H2,1H3. The van der Waals surface area contributed by atoms with E-state index in [1.807, 2.05) is 0 Å². The number of hydrogen-bond acceptors (Lipinski definition) is 3. The van der Waals surface area contributed by atoms with Crippen LogP contribution in [0.3, 0.4) is 0 Å². The molecule has 1 aromatic carbocycles. The van der Waals surface area contributed by atoms with Gasteiger partial charge in [-0.05, 0) is 24.3 Å². The second kappa shape index (κ2) is 4.92. The van der Waals surface area contributed by atoms with Gasteiger partial charge in [0, 0.05) is 10.5 Å². The Hall–Kier alpha value is -0.960. The molecular formula is C10H12O2S. The highest BCUT2D eigenvalue weighted by Gasteiger charge is 2.01. The van der Waals surface area contributed by atoms with Crippen molar-refractivity contribution in [3.05, 3.63) is 23.8 Å². The van der Waals surface area contributed by atoms with Crippen molar-refractivity contribution in [1.29, 1.82) is 0 Å². The van der Waals surface area contributed by atoms with Crippen LogP contribution in [-0.4, -0.2) is 17.1 Å². The molecule has 0 aliphatic carbocycles. The zero-order valence-corrected chi connectivity index (χ0v) is 8.30. The molecule has 0 radical (unpaired) electrons. The maximum atomic E-state index is 10.4. The van der Waals surface area contributed by atoms with Crippen molar-refractivity contribution in [3.8, 4) is 5.75 Å². The lowest BCUT2D eigenvalue weighted by atomic mass is 10.2. The summed E-state index contributed by atoms with van der Waals surface area (Å²) in [7, 11) is 0. The summed E-state index contributed by atoms with van der Waals surface area (Å²) in [5, 5.41) is 9.47. The summed E-state index contributed by atoms with van der Waals surface area (Å²) in [6, 6.07) is 4.98. The van der Waals surface area contributed by atoms with E-state index in [-0.39, 0.29) is 5.75 Å². The molecule has 0 aliphatic rings. The van der Waals surface area contributed by atoms with Crippen molar-refractivity contribution in [2.75, 3.05) is 5.75 Å². The van der Waals surface area contributed by atoms with Crippen LogP contribution in [0.2, 0.25) is 0 Å². The number of aldehydes is 1. The monoisotopic (exact) mass is 196 g/mol. The van der Waals surface area contributed by atoms with Gasteiger partial charge in [-0.25, -0.2) is 0 Å². The van der Waals surface area contributed by atoms with E-state index < -0.39 is 0 Å². The molecule has 2 nitrogen and oxygen atoms in total. The third kappa shape index (κ3) is 2.77. The third-order valence-corrected chi connectivity index (χ3v) is 2.85. The summed E-state index contributed by atoms with van der Waals surface area (Å²) in [4.78, 5) is 11.2. The van der Waals surface area contributed by atoms with E-state index in [1.54, 1.807) is 23.9 Å². The van der Waals surface area contributed by atoms with Crippen LogP contribution in [0.1, 0.15) is 23.7 Å². The first-order valence-corrected chi connectivity index (χ1v) is 5.17. The average Bonchev–Trinajstić information content (AvgIpc) is 2.16. The number of hydrogen-bond donors (Lipinski definition) is 1. The zero-order chi connectivity index (χ0) is 9.68. The van der Waals surface area contributed by atoms with Gasteiger partial charge in [-0.3, -0.25) is 4.79 Å². The first-order valence-electron chi connectivity index (χ1n) is 4.19. The molecule has 0 saturated carbocycles. The van der Waals surface area contributed by atoms with Gasteiger partial charge in [-0.1, -0.05) is 13.0 Å². The minimum atomic E-state index is 0.197. The fraction of sp³-hybridized carbons (Fsp3) is 0.300. The Balaban J connectivity index is 2.79. The minimum Gasteiger partial charge on any atom is -0.507 e. The van der Waals surface area contributed by atoms with Gasteiger partial charge in [0.2, 0.25) is 0 Å². The van der Waals surface area contributed by atoms with Crippen LogP contribution in [0, 0.1) is 0 Å². The van der Waals surface area contributed by atoms with E-state index in [1.165, 1.54) is 6.07 Å². The topological polar surface area (TPSA) is 37.3 Å². The van der Waals surface area contributed by atoms with Crippen LogP contribution >= 0.6 is 11.8 Å². The van der Waals surface area contributed by atoms with Gasteiger partial charge in [0.1, 0.15) is 12.0 Å². The number of rotatable bonds is 4. The molecule has 0 aliphatic heterocycles. The molecule has 0 amide bonds. The Morgan fingerprint density at radius 2 is 2.31 bits per heavy atom. The summed E-state index contributed by atoms with van der Waals surface area (Å²) < 4.78 is 0. The number of aromatic hydroxyl groups is 1. The average molecular weight is 196 g/mol. The van der Waals surface area contributed by atoms with Crippen molar-refractivity contribution < 1.29 is 9.90 Å². The van der Waals surface area contributed by atoms with E-state index in [4.69, 9.17) is 0 Å². The van der Waals surface area contributed by atoms with Gasteiger partial charge in [0.15, 0.2) is 0 Å². The molecule has 70 valence electrons. The predicted octanol–water partition coefficient (Wildman–Crippen LogP) is 2.71. The maximum absolute atomic E-state index is 10.4. The lowest BCUT2D eigenvalue weighted by Gasteiger charge is -2.02. The summed E-state index contributed by atoms with van der Waals surface area (Å²) in [5.74, 6) is 1.18. The second-order valence-corrected chi connectivity index (χ2v) is 3.83. The number of phenolic OH excluding ortho intramolecular Hbond substituents is 1. The smallest absolute Gasteiger partial charge is 0.150 e. The second-order valence-electron chi connectivity index (χ2n) is 2.69. The molecule has 0 spiro atoms. The Labute approximate surface area is 82.0 Å². The molecule has 0 atom stereocenters. The third-order valence-electron chi connectivity index (χ3n) is 1.58. The van der Waals surface area contributed by atoms with Crippen LogP contribution in [0.5, 0.6) is 5.75 Å². The molecule has 1 aromatic rings. The summed E-state index contributed by atoms with van der Waals surface area (Å²) in [5.41, 5.74) is 0.512. The highest BCUT2D eigenvalue weighted by molar-refractivity contribution is 7.99. The summed E-state index contributed by atoms with van der Waals surface area (Å²) in [6.07, 6.45) is 1.80. The van der Waals surface area contributed by atoms with Gasteiger partial charge in [-0.15, -0.1) is 11.8 Å².